The first-order chi connectivity index (χ1) is 15.5. The molecule has 0 spiro atoms. The summed E-state index contributed by atoms with van der Waals surface area (Å²) in [5.41, 5.74) is 0. The van der Waals surface area contributed by atoms with Gasteiger partial charge >= 0.3 is 0 Å². The molecule has 1 saturated heterocycles. The normalized spacial score (nSPS) is 17.1. The molecular weight excluding hydrogens is 414 g/mol. The van der Waals surface area contributed by atoms with Crippen molar-refractivity contribution in [3.63, 3.8) is 0 Å². The van der Waals surface area contributed by atoms with E-state index in [-0.39, 0.29) is 12.1 Å². The molecule has 0 N–H and O–H groups in total. The maximum Gasteiger partial charge on any atom is 0.223 e. The van der Waals surface area contributed by atoms with Gasteiger partial charge < -0.3 is 9.64 Å². The molecule has 1 amide bonds. The van der Waals surface area contributed by atoms with Crippen LogP contribution in [0.1, 0.15) is 105 Å². The minimum Gasteiger partial charge on any atom is -0.369 e. The number of likely N-dealkylation sites (tertiary alicyclic amines) is 1. The fraction of sp³-hybridized carbons (Fsp3) is 0.821. The maximum atomic E-state index is 12.0. The number of rotatable bonds is 15. The van der Waals surface area contributed by atoms with Crippen molar-refractivity contribution in [3.8, 4) is 24.2 Å². The van der Waals surface area contributed by atoms with E-state index in [2.05, 4.69) is 45.5 Å². The number of unbranched alkanes of at least 4 members (excludes halogenated alkanes) is 4. The van der Waals surface area contributed by atoms with E-state index in [1.807, 2.05) is 16.7 Å². The summed E-state index contributed by atoms with van der Waals surface area (Å²) in [6, 6.07) is 0.178. The number of methoxy groups -OCH3 is 1. The molecule has 1 aliphatic heterocycles. The number of hydrogen-bond acceptors (Lipinski definition) is 3. The summed E-state index contributed by atoms with van der Waals surface area (Å²) in [5, 5.41) is 0. The molecule has 1 fully saturated rings. The molecule has 0 aliphatic carbocycles. The number of hydrogen-bond donors (Lipinski definition) is 0. The quantitative estimate of drug-likeness (QED) is 0.194. The largest absolute Gasteiger partial charge is 0.369 e. The first-order valence-corrected chi connectivity index (χ1v) is 14.1. The molecule has 0 saturated carbocycles. The van der Waals surface area contributed by atoms with Gasteiger partial charge in [0.05, 0.1) is 6.04 Å². The third-order valence-corrected chi connectivity index (χ3v) is 6.92. The van der Waals surface area contributed by atoms with Crippen molar-refractivity contribution in [2.45, 2.75) is 117 Å². The van der Waals surface area contributed by atoms with Crippen LogP contribution in [0.2, 0.25) is 0 Å². The van der Waals surface area contributed by atoms with Crippen molar-refractivity contribution in [2.75, 3.05) is 25.2 Å². The van der Waals surface area contributed by atoms with E-state index in [0.29, 0.717) is 18.2 Å². The second-order valence-corrected chi connectivity index (χ2v) is 9.90. The molecule has 32 heavy (non-hydrogen) atoms. The number of terminal acetylenes is 1. The molecule has 0 bridgehead atoms. The molecule has 3 nitrogen and oxygen atoms in total. The Balaban J connectivity index is 0.000000809. The van der Waals surface area contributed by atoms with Crippen LogP contribution in [-0.2, 0) is 9.53 Å². The highest BCUT2D eigenvalue weighted by molar-refractivity contribution is 7.99. The average molecular weight is 464 g/mol. The van der Waals surface area contributed by atoms with Crippen molar-refractivity contribution < 1.29 is 9.53 Å². The Morgan fingerprint density at radius 1 is 1.06 bits per heavy atom. The first kappa shape index (κ1) is 30.9. The Morgan fingerprint density at radius 3 is 2.34 bits per heavy atom. The molecule has 3 atom stereocenters. The van der Waals surface area contributed by atoms with Crippen LogP contribution in [0.3, 0.4) is 0 Å². The third-order valence-electron chi connectivity index (χ3n) is 5.64. The van der Waals surface area contributed by atoms with Crippen LogP contribution in [-0.4, -0.2) is 48.1 Å². The van der Waals surface area contributed by atoms with Gasteiger partial charge in [0.25, 0.3) is 0 Å². The lowest BCUT2D eigenvalue weighted by Crippen LogP contribution is -2.33. The van der Waals surface area contributed by atoms with Crippen molar-refractivity contribution in [1.82, 2.24) is 4.90 Å². The van der Waals surface area contributed by atoms with Gasteiger partial charge in [0.15, 0.2) is 0 Å². The van der Waals surface area contributed by atoms with Gasteiger partial charge in [-0.3, -0.25) is 4.79 Å². The summed E-state index contributed by atoms with van der Waals surface area (Å²) in [4.78, 5) is 14.0. The summed E-state index contributed by atoms with van der Waals surface area (Å²) < 4.78 is 5.01. The van der Waals surface area contributed by atoms with E-state index < -0.39 is 0 Å². The van der Waals surface area contributed by atoms with E-state index in [0.717, 1.165) is 31.6 Å². The van der Waals surface area contributed by atoms with Gasteiger partial charge in [0.1, 0.15) is 6.10 Å². The van der Waals surface area contributed by atoms with Gasteiger partial charge in [0.2, 0.25) is 5.91 Å². The first-order valence-electron chi connectivity index (χ1n) is 12.9. The molecule has 1 heterocycles. The minimum absolute atomic E-state index is 0.0338. The van der Waals surface area contributed by atoms with Gasteiger partial charge in [-0.1, -0.05) is 77.6 Å². The zero-order valence-electron chi connectivity index (χ0n) is 21.6. The van der Waals surface area contributed by atoms with E-state index in [1.54, 1.807) is 7.11 Å². The van der Waals surface area contributed by atoms with Crippen LogP contribution in [0.25, 0.3) is 0 Å². The maximum absolute atomic E-state index is 12.0. The molecule has 0 aromatic rings. The standard InChI is InChI=1S/C19H33NOS.C9H16O/c1-4-6-7-9-17(3)10-11-18-12-13-19(21)20(18)14-8-16-22-15-5-2;1-4-6-7-8-9(5-2)10-3/h17-18H,4-9,12-16H2,1-3H3;2,9H,4,6-8H2,1,3H3. The minimum atomic E-state index is 0.0338. The Kier molecular flexibility index (Phi) is 21.0. The van der Waals surface area contributed by atoms with Crippen molar-refractivity contribution in [1.29, 1.82) is 0 Å². The van der Waals surface area contributed by atoms with E-state index >= 15 is 0 Å². The number of ether oxygens (including phenoxy) is 1. The van der Waals surface area contributed by atoms with E-state index in [1.165, 1.54) is 57.1 Å². The highest BCUT2D eigenvalue weighted by Crippen LogP contribution is 2.19. The molecule has 3 unspecified atom stereocenters. The Hall–Kier alpha value is -1.10. The van der Waals surface area contributed by atoms with Gasteiger partial charge in [-0.25, -0.2) is 0 Å². The number of nitrogens with zero attached hydrogens (tertiary/aromatic N) is 1. The fourth-order valence-electron chi connectivity index (χ4n) is 3.61. The molecule has 4 heteroatoms. The Labute approximate surface area is 204 Å². The molecule has 0 aromatic carbocycles. The van der Waals surface area contributed by atoms with Crippen molar-refractivity contribution >= 4 is 17.7 Å². The molecule has 0 aromatic heterocycles. The van der Waals surface area contributed by atoms with Crippen LogP contribution < -0.4 is 0 Å². The summed E-state index contributed by atoms with van der Waals surface area (Å²) in [6.45, 7) is 9.73. The van der Waals surface area contributed by atoms with E-state index in [4.69, 9.17) is 11.2 Å². The Morgan fingerprint density at radius 2 is 1.75 bits per heavy atom. The van der Waals surface area contributed by atoms with Crippen LogP contribution in [0.4, 0.5) is 0 Å². The average Bonchev–Trinajstić information content (AvgIpc) is 3.15. The van der Waals surface area contributed by atoms with E-state index in [9.17, 15) is 4.79 Å². The van der Waals surface area contributed by atoms with Crippen LogP contribution >= 0.6 is 11.8 Å². The number of amides is 1. The topological polar surface area (TPSA) is 29.5 Å². The molecule has 184 valence electrons. The van der Waals surface area contributed by atoms with Gasteiger partial charge in [-0.15, -0.1) is 6.42 Å². The van der Waals surface area contributed by atoms with Gasteiger partial charge in [-0.2, -0.15) is 11.8 Å². The lowest BCUT2D eigenvalue weighted by Gasteiger charge is -2.20. The highest BCUT2D eigenvalue weighted by atomic mass is 32.2. The SMILES string of the molecule is C#CC(CCCCC)OC.CCCCCC(C)C#CC1CCC(=O)N1CCCSCCC. The van der Waals surface area contributed by atoms with Crippen LogP contribution in [0.5, 0.6) is 0 Å². The predicted octanol–water partition coefficient (Wildman–Crippen LogP) is 6.95. The predicted molar refractivity (Wildman–Crippen MR) is 142 cm³/mol. The third kappa shape index (κ3) is 15.7. The monoisotopic (exact) mass is 463 g/mol. The molecule has 1 aliphatic rings. The summed E-state index contributed by atoms with van der Waals surface area (Å²) in [7, 11) is 1.66. The summed E-state index contributed by atoms with van der Waals surface area (Å²) >= 11 is 1.99. The number of carbonyl (C=O) groups is 1. The number of thioether (sulfide) groups is 1. The lowest BCUT2D eigenvalue weighted by molar-refractivity contribution is -0.128. The fourth-order valence-corrected chi connectivity index (χ4v) is 4.43. The Bertz CT molecular complexity index is 560. The summed E-state index contributed by atoms with van der Waals surface area (Å²) in [5.74, 6) is 12.5. The lowest BCUT2D eigenvalue weighted by atomic mass is 10.0. The van der Waals surface area contributed by atoms with Crippen LogP contribution in [0, 0.1) is 30.1 Å². The molecule has 0 radical (unpaired) electrons. The van der Waals surface area contributed by atoms with Crippen molar-refractivity contribution in [3.05, 3.63) is 0 Å². The van der Waals surface area contributed by atoms with Crippen molar-refractivity contribution in [2.24, 2.45) is 5.92 Å². The zero-order chi connectivity index (χ0) is 24.0. The molecular formula is C28H49NO2S. The summed E-state index contributed by atoms with van der Waals surface area (Å²) in [6.07, 6.45) is 18.9. The second-order valence-electron chi connectivity index (χ2n) is 8.68. The van der Waals surface area contributed by atoms with Crippen LogP contribution in [0.15, 0.2) is 0 Å². The zero-order valence-corrected chi connectivity index (χ0v) is 22.4. The highest BCUT2D eigenvalue weighted by Gasteiger charge is 2.28. The smallest absolute Gasteiger partial charge is 0.223 e. The molecule has 1 rings (SSSR count). The second kappa shape index (κ2) is 21.7. The number of carbonyl (C=O) groups excluding carboxylic acids is 1. The van der Waals surface area contributed by atoms with Gasteiger partial charge in [0, 0.05) is 26.0 Å². The van der Waals surface area contributed by atoms with Gasteiger partial charge in [-0.05, 0) is 50.0 Å².